The second kappa shape index (κ2) is 37.1. The fourth-order valence-electron chi connectivity index (χ4n) is 7.40. The summed E-state index contributed by atoms with van der Waals surface area (Å²) in [6.45, 7) is 7.42. The number of unbranched alkanes of at least 4 members (excludes halogenated alkanes) is 19. The first kappa shape index (κ1) is 54.4. The number of hydrogen-bond donors (Lipinski definition) is 2. The molecule has 2 atom stereocenters. The third kappa shape index (κ3) is 30.1. The molecule has 0 aromatic heterocycles. The number of methoxy groups -OCH3 is 2. The smallest absolute Gasteiger partial charge is 0.330 e. The highest BCUT2D eigenvalue weighted by molar-refractivity contribution is 5.87. The molecule has 0 bridgehead atoms. The lowest BCUT2D eigenvalue weighted by Gasteiger charge is -2.27. The summed E-state index contributed by atoms with van der Waals surface area (Å²) in [7, 11) is 6.92. The summed E-state index contributed by atoms with van der Waals surface area (Å²) in [6, 6.07) is 3.36. The molecule has 1 aromatic carbocycles. The Bertz CT molecular complexity index is 1150. The van der Waals surface area contributed by atoms with Gasteiger partial charge in [-0.25, -0.2) is 4.79 Å². The predicted molar refractivity (Wildman–Crippen MR) is 244 cm³/mol. The van der Waals surface area contributed by atoms with E-state index < -0.39 is 24.1 Å². The zero-order chi connectivity index (χ0) is 43.4. The quantitative estimate of drug-likeness (QED) is 0.0286. The van der Waals surface area contributed by atoms with Crippen molar-refractivity contribution in [3.63, 3.8) is 0 Å². The van der Waals surface area contributed by atoms with Crippen LogP contribution in [0.3, 0.4) is 0 Å². The van der Waals surface area contributed by atoms with E-state index in [2.05, 4.69) is 18.7 Å². The van der Waals surface area contributed by atoms with Crippen LogP contribution >= 0.6 is 0 Å². The monoisotopic (exact) mass is 833 g/mol. The summed E-state index contributed by atoms with van der Waals surface area (Å²) in [5.74, 6) is -0.0238. The molecule has 10 nitrogen and oxygen atoms in total. The second-order valence-corrected chi connectivity index (χ2v) is 16.9. The molecule has 342 valence electrons. The Balaban J connectivity index is 2.66. The Labute approximate surface area is 360 Å². The number of esters is 2. The zero-order valence-corrected chi connectivity index (χ0v) is 38.6. The van der Waals surface area contributed by atoms with Crippen molar-refractivity contribution in [1.82, 2.24) is 9.80 Å². The first-order chi connectivity index (χ1) is 28.6. The minimum absolute atomic E-state index is 0.190. The van der Waals surface area contributed by atoms with E-state index in [1.807, 2.05) is 19.0 Å². The van der Waals surface area contributed by atoms with Crippen LogP contribution < -0.4 is 14.2 Å². The highest BCUT2D eigenvalue weighted by Gasteiger charge is 2.19. The van der Waals surface area contributed by atoms with Gasteiger partial charge >= 0.3 is 11.9 Å². The fourth-order valence-corrected chi connectivity index (χ4v) is 7.40. The first-order valence-corrected chi connectivity index (χ1v) is 23.7. The van der Waals surface area contributed by atoms with Crippen molar-refractivity contribution in [2.24, 2.45) is 0 Å². The third-order valence-electron chi connectivity index (χ3n) is 10.9. The number of rotatable bonds is 40. The number of aliphatic hydroxyl groups excluding tert-OH is 2. The van der Waals surface area contributed by atoms with Crippen molar-refractivity contribution in [3.05, 3.63) is 23.8 Å². The molecule has 2 unspecified atom stereocenters. The molecule has 0 aliphatic carbocycles. The summed E-state index contributed by atoms with van der Waals surface area (Å²) >= 11 is 0. The van der Waals surface area contributed by atoms with Gasteiger partial charge in [0, 0.05) is 32.1 Å². The molecule has 59 heavy (non-hydrogen) atoms. The van der Waals surface area contributed by atoms with Crippen molar-refractivity contribution in [1.29, 1.82) is 0 Å². The lowest BCUT2D eigenvalue weighted by atomic mass is 10.0. The Morgan fingerprint density at radius 1 is 0.627 bits per heavy atom. The Hall–Kier alpha value is -2.66. The summed E-state index contributed by atoms with van der Waals surface area (Å²) in [4.78, 5) is 29.5. The van der Waals surface area contributed by atoms with Crippen molar-refractivity contribution < 1.29 is 38.7 Å². The number of aliphatic hydroxyl groups is 2. The van der Waals surface area contributed by atoms with Gasteiger partial charge in [0.05, 0.1) is 33.0 Å². The Kier molecular flexibility index (Phi) is 34.2. The van der Waals surface area contributed by atoms with E-state index in [0.717, 1.165) is 57.9 Å². The van der Waals surface area contributed by atoms with Crippen LogP contribution in [0, 0.1) is 0 Å². The van der Waals surface area contributed by atoms with Crippen LogP contribution in [0.25, 0.3) is 6.08 Å². The molecule has 2 N–H and O–H groups in total. The molecule has 0 spiro atoms. The van der Waals surface area contributed by atoms with Crippen LogP contribution in [0.4, 0.5) is 0 Å². The number of hydrogen-bond acceptors (Lipinski definition) is 10. The molecular weight excluding hydrogens is 745 g/mol. The van der Waals surface area contributed by atoms with E-state index >= 15 is 0 Å². The number of carbonyl (C=O) groups excluding carboxylic acids is 2. The predicted octanol–water partition coefficient (Wildman–Crippen LogP) is 10.9. The molecule has 0 saturated heterocycles. The maximum Gasteiger partial charge on any atom is 0.330 e. The molecule has 0 heterocycles. The summed E-state index contributed by atoms with van der Waals surface area (Å²) in [5.41, 5.74) is 0.634. The van der Waals surface area contributed by atoms with Crippen LogP contribution in [-0.4, -0.2) is 105 Å². The van der Waals surface area contributed by atoms with Crippen LogP contribution in [0.5, 0.6) is 17.2 Å². The normalized spacial score (nSPS) is 12.7. The second-order valence-electron chi connectivity index (χ2n) is 16.9. The highest BCUT2D eigenvalue weighted by atomic mass is 16.6. The number of nitrogens with zero attached hydrogens (tertiary/aromatic N) is 2. The summed E-state index contributed by atoms with van der Waals surface area (Å²) in [6.07, 6.45) is 31.2. The van der Waals surface area contributed by atoms with Crippen LogP contribution in [0.1, 0.15) is 186 Å². The maximum atomic E-state index is 13.1. The van der Waals surface area contributed by atoms with Gasteiger partial charge in [-0.2, -0.15) is 0 Å². The minimum atomic E-state index is -0.442. The number of benzene rings is 1. The summed E-state index contributed by atoms with van der Waals surface area (Å²) in [5, 5.41) is 22.0. The van der Waals surface area contributed by atoms with Crippen LogP contribution in [0.2, 0.25) is 0 Å². The van der Waals surface area contributed by atoms with Gasteiger partial charge < -0.3 is 34.1 Å². The molecule has 0 amide bonds. The Morgan fingerprint density at radius 2 is 1.08 bits per heavy atom. The van der Waals surface area contributed by atoms with E-state index in [1.54, 1.807) is 18.2 Å². The molecule has 0 fully saturated rings. The van der Waals surface area contributed by atoms with Gasteiger partial charge in [-0.3, -0.25) is 9.69 Å². The molecule has 10 heteroatoms. The van der Waals surface area contributed by atoms with Gasteiger partial charge in [-0.05, 0) is 76.5 Å². The topological polar surface area (TPSA) is 118 Å². The average Bonchev–Trinajstić information content (AvgIpc) is 3.21. The molecule has 1 aromatic rings. The largest absolute Gasteiger partial charge is 0.493 e. The van der Waals surface area contributed by atoms with E-state index in [-0.39, 0.29) is 12.2 Å². The van der Waals surface area contributed by atoms with Crippen molar-refractivity contribution in [3.8, 4) is 17.2 Å². The standard InChI is InChI=1S/C49H88N2O8/c1-7-9-11-13-15-17-19-21-23-25-30-43(52)40-51(41-44(53)31-26-24-22-20-18-16-14-12-10-8-2)36-28-27-32-48(55)59-49-45(56-5)38-42(39-46(49)57-6)33-34-47(54)58-37-29-35-50(3)4/h33-34,38-39,43-44,52-53H,7-32,35-37,40-41H2,1-6H3/b34-33+. The zero-order valence-electron chi connectivity index (χ0n) is 38.6. The van der Waals surface area contributed by atoms with Gasteiger partial charge in [0.15, 0.2) is 11.5 Å². The SMILES string of the molecule is CCCCCCCCCCCCC(O)CN(CCCCC(=O)Oc1c(OC)cc(/C=C/C(=O)OCCCN(C)C)cc1OC)CC(O)CCCCCCCCCCCC. The molecule has 0 aliphatic heterocycles. The van der Waals surface area contributed by atoms with Crippen molar-refractivity contribution in [2.45, 2.75) is 193 Å². The lowest BCUT2D eigenvalue weighted by Crippen LogP contribution is -2.38. The number of ether oxygens (including phenoxy) is 4. The van der Waals surface area contributed by atoms with Gasteiger partial charge in [-0.15, -0.1) is 0 Å². The highest BCUT2D eigenvalue weighted by Crippen LogP contribution is 2.39. The van der Waals surface area contributed by atoms with Gasteiger partial charge in [0.25, 0.3) is 0 Å². The lowest BCUT2D eigenvalue weighted by molar-refractivity contribution is -0.138. The van der Waals surface area contributed by atoms with E-state index in [0.29, 0.717) is 49.7 Å². The van der Waals surface area contributed by atoms with Crippen molar-refractivity contribution in [2.75, 3.05) is 61.1 Å². The van der Waals surface area contributed by atoms with Gasteiger partial charge in [0.1, 0.15) is 0 Å². The van der Waals surface area contributed by atoms with E-state index in [9.17, 15) is 19.8 Å². The number of carbonyl (C=O) groups is 2. The molecule has 0 aliphatic rings. The summed E-state index contributed by atoms with van der Waals surface area (Å²) < 4.78 is 22.1. The van der Waals surface area contributed by atoms with Crippen LogP contribution in [0.15, 0.2) is 18.2 Å². The molecule has 0 radical (unpaired) electrons. The third-order valence-corrected chi connectivity index (χ3v) is 10.9. The van der Waals surface area contributed by atoms with E-state index in [1.165, 1.54) is 123 Å². The molecule has 0 saturated carbocycles. The molecular formula is C49H88N2O8. The van der Waals surface area contributed by atoms with Gasteiger partial charge in [-0.1, -0.05) is 142 Å². The molecule has 1 rings (SSSR count). The van der Waals surface area contributed by atoms with Crippen LogP contribution in [-0.2, 0) is 14.3 Å². The van der Waals surface area contributed by atoms with Gasteiger partial charge in [0.2, 0.25) is 5.75 Å². The average molecular weight is 833 g/mol. The Morgan fingerprint density at radius 3 is 1.53 bits per heavy atom. The van der Waals surface area contributed by atoms with Crippen molar-refractivity contribution >= 4 is 18.0 Å². The fraction of sp³-hybridized carbons (Fsp3) is 0.796. The first-order valence-electron chi connectivity index (χ1n) is 23.7. The minimum Gasteiger partial charge on any atom is -0.493 e. The van der Waals surface area contributed by atoms with E-state index in [4.69, 9.17) is 18.9 Å². The maximum absolute atomic E-state index is 13.1.